The molecule has 1 aromatic carbocycles. The van der Waals surface area contributed by atoms with Crippen LogP contribution < -0.4 is 5.32 Å². The fourth-order valence-electron chi connectivity index (χ4n) is 2.62. The third-order valence-electron chi connectivity index (χ3n) is 3.92. The first kappa shape index (κ1) is 17.3. The smallest absolute Gasteiger partial charge is 0.272 e. The maximum absolute atomic E-state index is 12.4. The number of benzene rings is 1. The molecule has 1 atom stereocenters. The third kappa shape index (κ3) is 4.95. The highest BCUT2D eigenvalue weighted by atomic mass is 16.2. The lowest BCUT2D eigenvalue weighted by Crippen LogP contribution is -2.32. The van der Waals surface area contributed by atoms with Gasteiger partial charge < -0.3 is 5.32 Å². The molecule has 1 unspecified atom stereocenters. The first-order valence-corrected chi connectivity index (χ1v) is 8.40. The Morgan fingerprint density at radius 2 is 1.87 bits per heavy atom. The molecule has 0 fully saturated rings. The average Bonchev–Trinajstić information content (AvgIpc) is 2.90. The van der Waals surface area contributed by atoms with Crippen molar-refractivity contribution in [1.29, 1.82) is 0 Å². The minimum Gasteiger partial charge on any atom is -0.348 e. The largest absolute Gasteiger partial charge is 0.348 e. The van der Waals surface area contributed by atoms with Gasteiger partial charge in [0.25, 0.3) is 5.91 Å². The highest BCUT2D eigenvalue weighted by Gasteiger charge is 2.15. The molecule has 0 saturated heterocycles. The molecule has 0 saturated carbocycles. The van der Waals surface area contributed by atoms with Gasteiger partial charge in [-0.3, -0.25) is 4.79 Å². The second-order valence-corrected chi connectivity index (χ2v) is 6.62. The van der Waals surface area contributed by atoms with Crippen LogP contribution in [-0.4, -0.2) is 21.7 Å². The number of nitrogens with one attached hydrogen (secondary N) is 1. The van der Waals surface area contributed by atoms with Gasteiger partial charge in [0.15, 0.2) is 5.69 Å². The first-order valence-electron chi connectivity index (χ1n) is 8.40. The molecule has 4 heteroatoms. The van der Waals surface area contributed by atoms with Gasteiger partial charge in [-0.05, 0) is 44.4 Å². The van der Waals surface area contributed by atoms with Gasteiger partial charge in [-0.1, -0.05) is 44.9 Å². The Bertz CT molecular complexity index is 631. The number of carbonyl (C=O) groups is 1. The van der Waals surface area contributed by atoms with Crippen molar-refractivity contribution in [2.75, 3.05) is 0 Å². The maximum atomic E-state index is 12.4. The van der Waals surface area contributed by atoms with Crippen LogP contribution in [0.1, 0.15) is 56.2 Å². The second kappa shape index (κ2) is 7.95. The van der Waals surface area contributed by atoms with Crippen molar-refractivity contribution in [3.05, 3.63) is 47.8 Å². The predicted molar refractivity (Wildman–Crippen MR) is 93.9 cm³/mol. The Balaban J connectivity index is 1.98. The van der Waals surface area contributed by atoms with E-state index in [9.17, 15) is 4.79 Å². The van der Waals surface area contributed by atoms with Crippen LogP contribution in [0.5, 0.6) is 0 Å². The molecule has 0 aliphatic heterocycles. The Hall–Kier alpha value is -2.10. The van der Waals surface area contributed by atoms with Crippen molar-refractivity contribution < 1.29 is 4.79 Å². The lowest BCUT2D eigenvalue weighted by atomic mass is 10.0. The zero-order valence-electron chi connectivity index (χ0n) is 14.5. The van der Waals surface area contributed by atoms with Crippen LogP contribution in [0.25, 0.3) is 5.69 Å². The van der Waals surface area contributed by atoms with Gasteiger partial charge in [0, 0.05) is 11.7 Å². The zero-order chi connectivity index (χ0) is 16.8. The fourth-order valence-corrected chi connectivity index (χ4v) is 2.62. The summed E-state index contributed by atoms with van der Waals surface area (Å²) in [7, 11) is 0. The maximum Gasteiger partial charge on any atom is 0.272 e. The van der Waals surface area contributed by atoms with Crippen LogP contribution >= 0.6 is 0 Å². The summed E-state index contributed by atoms with van der Waals surface area (Å²) in [6, 6.07) is 11.9. The Morgan fingerprint density at radius 1 is 1.17 bits per heavy atom. The van der Waals surface area contributed by atoms with E-state index < -0.39 is 0 Å². The standard InChI is InChI=1S/C19H27N3O/c1-14(2)9-8-10-15(3)20-19(23)18-13-16(4)22(21-18)17-11-6-5-7-12-17/h5-7,11-15H,8-10H2,1-4H3,(H,20,23). The highest BCUT2D eigenvalue weighted by molar-refractivity contribution is 5.92. The summed E-state index contributed by atoms with van der Waals surface area (Å²) in [4.78, 5) is 12.4. The average molecular weight is 313 g/mol. The Labute approximate surface area is 138 Å². The number of nitrogens with zero attached hydrogens (tertiary/aromatic N) is 2. The quantitative estimate of drug-likeness (QED) is 0.835. The molecule has 0 radical (unpaired) electrons. The highest BCUT2D eigenvalue weighted by Crippen LogP contribution is 2.13. The van der Waals surface area contributed by atoms with Crippen LogP contribution in [0.3, 0.4) is 0 Å². The van der Waals surface area contributed by atoms with Crippen LogP contribution in [0.15, 0.2) is 36.4 Å². The molecule has 0 aliphatic carbocycles. The monoisotopic (exact) mass is 313 g/mol. The number of hydrogen-bond donors (Lipinski definition) is 1. The van der Waals surface area contributed by atoms with Crippen molar-refractivity contribution in [1.82, 2.24) is 15.1 Å². The van der Waals surface area contributed by atoms with Crippen molar-refractivity contribution in [3.8, 4) is 5.69 Å². The number of amides is 1. The van der Waals surface area contributed by atoms with Gasteiger partial charge in [-0.15, -0.1) is 0 Å². The lowest BCUT2D eigenvalue weighted by molar-refractivity contribution is 0.0932. The minimum atomic E-state index is -0.0974. The summed E-state index contributed by atoms with van der Waals surface area (Å²) in [5.41, 5.74) is 2.39. The summed E-state index contributed by atoms with van der Waals surface area (Å²) in [6.07, 6.45) is 3.33. The molecule has 2 rings (SSSR count). The summed E-state index contributed by atoms with van der Waals surface area (Å²) in [5.74, 6) is 0.613. The molecule has 4 nitrogen and oxygen atoms in total. The van der Waals surface area contributed by atoms with E-state index >= 15 is 0 Å². The fraction of sp³-hybridized carbons (Fsp3) is 0.474. The molecule has 1 amide bonds. The number of hydrogen-bond acceptors (Lipinski definition) is 2. The number of aryl methyl sites for hydroxylation is 1. The molecule has 2 aromatic rings. The Morgan fingerprint density at radius 3 is 2.52 bits per heavy atom. The number of carbonyl (C=O) groups excluding carboxylic acids is 1. The molecule has 0 bridgehead atoms. The molecule has 0 spiro atoms. The molecular formula is C19H27N3O. The van der Waals surface area contributed by atoms with E-state index in [0.29, 0.717) is 11.6 Å². The predicted octanol–water partition coefficient (Wildman–Crippen LogP) is 4.13. The van der Waals surface area contributed by atoms with E-state index in [-0.39, 0.29) is 11.9 Å². The van der Waals surface area contributed by atoms with Gasteiger partial charge in [-0.2, -0.15) is 5.10 Å². The van der Waals surface area contributed by atoms with Crippen LogP contribution in [0.2, 0.25) is 0 Å². The molecule has 23 heavy (non-hydrogen) atoms. The van der Waals surface area contributed by atoms with Crippen molar-refractivity contribution in [2.24, 2.45) is 5.92 Å². The van der Waals surface area contributed by atoms with Crippen LogP contribution in [0, 0.1) is 12.8 Å². The van der Waals surface area contributed by atoms with Crippen LogP contribution in [0.4, 0.5) is 0 Å². The van der Waals surface area contributed by atoms with Gasteiger partial charge in [0.2, 0.25) is 0 Å². The minimum absolute atomic E-state index is 0.0974. The molecular weight excluding hydrogens is 286 g/mol. The molecule has 0 aliphatic rings. The lowest BCUT2D eigenvalue weighted by Gasteiger charge is -2.13. The van der Waals surface area contributed by atoms with Crippen molar-refractivity contribution >= 4 is 5.91 Å². The van der Waals surface area contributed by atoms with E-state index in [2.05, 4.69) is 31.2 Å². The molecule has 1 N–H and O–H groups in total. The summed E-state index contributed by atoms with van der Waals surface area (Å²) >= 11 is 0. The summed E-state index contributed by atoms with van der Waals surface area (Å²) < 4.78 is 1.80. The van der Waals surface area contributed by atoms with Gasteiger partial charge in [0.05, 0.1) is 5.69 Å². The van der Waals surface area contributed by atoms with E-state index in [1.807, 2.05) is 43.3 Å². The number of aromatic nitrogens is 2. The van der Waals surface area contributed by atoms with Gasteiger partial charge >= 0.3 is 0 Å². The summed E-state index contributed by atoms with van der Waals surface area (Å²) in [5, 5.41) is 7.49. The van der Waals surface area contributed by atoms with Crippen LogP contribution in [-0.2, 0) is 0 Å². The van der Waals surface area contributed by atoms with E-state index in [0.717, 1.165) is 24.2 Å². The topological polar surface area (TPSA) is 46.9 Å². The van der Waals surface area contributed by atoms with Gasteiger partial charge in [-0.25, -0.2) is 4.68 Å². The zero-order valence-corrected chi connectivity index (χ0v) is 14.5. The van der Waals surface area contributed by atoms with Gasteiger partial charge in [0.1, 0.15) is 0 Å². The number of rotatable bonds is 7. The molecule has 1 heterocycles. The Kier molecular flexibility index (Phi) is 5.97. The number of para-hydroxylation sites is 1. The van der Waals surface area contributed by atoms with E-state index in [1.165, 1.54) is 6.42 Å². The summed E-state index contributed by atoms with van der Waals surface area (Å²) in [6.45, 7) is 8.46. The van der Waals surface area contributed by atoms with E-state index in [4.69, 9.17) is 0 Å². The third-order valence-corrected chi connectivity index (χ3v) is 3.92. The SMILES string of the molecule is Cc1cc(C(=O)NC(C)CCCC(C)C)nn1-c1ccccc1. The first-order chi connectivity index (χ1) is 11.0. The molecule has 1 aromatic heterocycles. The molecule has 124 valence electrons. The van der Waals surface area contributed by atoms with E-state index in [1.54, 1.807) is 4.68 Å². The second-order valence-electron chi connectivity index (χ2n) is 6.62. The van der Waals surface area contributed by atoms with Crippen molar-refractivity contribution in [2.45, 2.75) is 53.0 Å². The van der Waals surface area contributed by atoms with Crippen molar-refractivity contribution in [3.63, 3.8) is 0 Å². The normalized spacial score (nSPS) is 12.4.